The van der Waals surface area contributed by atoms with E-state index in [0.717, 1.165) is 16.9 Å². The summed E-state index contributed by atoms with van der Waals surface area (Å²) in [6.07, 6.45) is 0.432. The highest BCUT2D eigenvalue weighted by Gasteiger charge is 2.14. The summed E-state index contributed by atoms with van der Waals surface area (Å²) in [5.74, 6) is 0. The summed E-state index contributed by atoms with van der Waals surface area (Å²) in [4.78, 5) is 20.0. The van der Waals surface area contributed by atoms with Crippen molar-refractivity contribution in [1.82, 2.24) is 19.7 Å². The zero-order chi connectivity index (χ0) is 17.4. The van der Waals surface area contributed by atoms with E-state index in [2.05, 4.69) is 15.1 Å². The first kappa shape index (κ1) is 15.6. The fourth-order valence-corrected chi connectivity index (χ4v) is 2.92. The number of H-pyrrole nitrogens is 1. The first-order valence-electron chi connectivity index (χ1n) is 7.90. The Labute approximate surface area is 148 Å². The largest absolute Gasteiger partial charge is 0.316 e. The summed E-state index contributed by atoms with van der Waals surface area (Å²) in [5, 5.41) is 5.19. The third-order valence-corrected chi connectivity index (χ3v) is 4.32. The first-order valence-corrected chi connectivity index (χ1v) is 8.28. The minimum atomic E-state index is -0.196. The summed E-state index contributed by atoms with van der Waals surface area (Å²) < 4.78 is 1.76. The van der Waals surface area contributed by atoms with Crippen molar-refractivity contribution in [2.24, 2.45) is 0 Å². The van der Waals surface area contributed by atoms with Crippen LogP contribution in [0.3, 0.4) is 0 Å². The second-order valence-electron chi connectivity index (χ2n) is 5.85. The van der Waals surface area contributed by atoms with Crippen LogP contribution in [0.4, 0.5) is 0 Å². The Balaban J connectivity index is 1.85. The number of benzene rings is 2. The lowest BCUT2D eigenvalue weighted by atomic mass is 10.1. The van der Waals surface area contributed by atoms with Crippen molar-refractivity contribution in [3.8, 4) is 5.69 Å². The van der Waals surface area contributed by atoms with Crippen LogP contribution in [0.1, 0.15) is 17.0 Å². The molecule has 0 aliphatic carbocycles. The molecule has 1 N–H and O–H groups in total. The molecule has 0 aliphatic rings. The zero-order valence-corrected chi connectivity index (χ0v) is 14.3. The van der Waals surface area contributed by atoms with Gasteiger partial charge in [-0.15, -0.1) is 0 Å². The standard InChI is InChI=1S/C19H15ClN4O/c1-12-17-18(24(23-12)15-5-3-2-4-6-15)21-16(19(25)22-17)11-13-7-9-14(20)10-8-13/h2-10H,11H2,1H3,(H,22,25). The molecule has 0 atom stereocenters. The number of aromatic amines is 1. The molecule has 0 saturated heterocycles. The summed E-state index contributed by atoms with van der Waals surface area (Å²) in [5.41, 5.74) is 4.18. The second-order valence-corrected chi connectivity index (χ2v) is 6.28. The predicted octanol–water partition coefficient (Wildman–Crippen LogP) is 3.66. The number of nitrogens with one attached hydrogen (secondary N) is 1. The quantitative estimate of drug-likeness (QED) is 0.613. The van der Waals surface area contributed by atoms with Crippen molar-refractivity contribution in [2.45, 2.75) is 13.3 Å². The van der Waals surface area contributed by atoms with Crippen LogP contribution in [0.25, 0.3) is 16.9 Å². The number of nitrogens with zero attached hydrogens (tertiary/aromatic N) is 3. The lowest BCUT2D eigenvalue weighted by molar-refractivity contribution is 0.871. The normalized spacial score (nSPS) is 11.1. The summed E-state index contributed by atoms with van der Waals surface area (Å²) in [6, 6.07) is 17.2. The minimum Gasteiger partial charge on any atom is -0.316 e. The molecule has 4 rings (SSSR count). The maximum atomic E-state index is 12.4. The van der Waals surface area contributed by atoms with Gasteiger partial charge in [-0.1, -0.05) is 41.9 Å². The van der Waals surface area contributed by atoms with Crippen LogP contribution in [0.15, 0.2) is 59.4 Å². The Bertz CT molecular complexity index is 1100. The monoisotopic (exact) mass is 350 g/mol. The molecule has 0 unspecified atom stereocenters. The number of rotatable bonds is 3. The number of para-hydroxylation sites is 1. The van der Waals surface area contributed by atoms with Gasteiger partial charge >= 0.3 is 0 Å². The van der Waals surface area contributed by atoms with E-state index in [-0.39, 0.29) is 5.56 Å². The van der Waals surface area contributed by atoms with Crippen molar-refractivity contribution >= 4 is 22.8 Å². The number of fused-ring (bicyclic) bond motifs is 1. The summed E-state index contributed by atoms with van der Waals surface area (Å²) in [6.45, 7) is 1.86. The van der Waals surface area contributed by atoms with Crippen molar-refractivity contribution in [1.29, 1.82) is 0 Å². The Morgan fingerprint density at radius 1 is 1.08 bits per heavy atom. The van der Waals surface area contributed by atoms with Gasteiger partial charge in [-0.2, -0.15) is 5.10 Å². The molecule has 2 aromatic carbocycles. The van der Waals surface area contributed by atoms with Gasteiger partial charge in [0.05, 0.1) is 11.4 Å². The number of halogens is 1. The molecule has 25 heavy (non-hydrogen) atoms. The smallest absolute Gasteiger partial charge is 0.270 e. The van der Waals surface area contributed by atoms with E-state index in [9.17, 15) is 4.79 Å². The molecule has 2 aromatic heterocycles. The van der Waals surface area contributed by atoms with Crippen LogP contribution in [-0.2, 0) is 6.42 Å². The van der Waals surface area contributed by atoms with Gasteiger partial charge in [0.2, 0.25) is 0 Å². The molecule has 0 bridgehead atoms. The van der Waals surface area contributed by atoms with Gasteiger partial charge in [-0.25, -0.2) is 9.67 Å². The van der Waals surface area contributed by atoms with E-state index < -0.39 is 0 Å². The van der Waals surface area contributed by atoms with Gasteiger partial charge in [0.15, 0.2) is 5.65 Å². The van der Waals surface area contributed by atoms with Crippen LogP contribution >= 0.6 is 11.6 Å². The predicted molar refractivity (Wildman–Crippen MR) is 98.5 cm³/mol. The Morgan fingerprint density at radius 2 is 1.80 bits per heavy atom. The maximum absolute atomic E-state index is 12.4. The molecule has 0 aliphatic heterocycles. The van der Waals surface area contributed by atoms with Gasteiger partial charge in [0, 0.05) is 11.4 Å². The first-order chi connectivity index (χ1) is 12.1. The molecule has 5 nitrogen and oxygen atoms in total. The van der Waals surface area contributed by atoms with Crippen LogP contribution in [0.2, 0.25) is 5.02 Å². The molecule has 4 aromatic rings. The molecule has 0 radical (unpaired) electrons. The molecule has 6 heteroatoms. The molecular formula is C19H15ClN4O. The Morgan fingerprint density at radius 3 is 2.52 bits per heavy atom. The Hall–Kier alpha value is -2.92. The molecule has 124 valence electrons. The zero-order valence-electron chi connectivity index (χ0n) is 13.5. The van der Waals surface area contributed by atoms with E-state index in [4.69, 9.17) is 11.6 Å². The molecular weight excluding hydrogens is 336 g/mol. The number of aryl methyl sites for hydroxylation is 1. The van der Waals surface area contributed by atoms with Crippen LogP contribution in [0.5, 0.6) is 0 Å². The fourth-order valence-electron chi connectivity index (χ4n) is 2.79. The van der Waals surface area contributed by atoms with Gasteiger partial charge in [-0.05, 0) is 36.8 Å². The van der Waals surface area contributed by atoms with Gasteiger partial charge in [0.1, 0.15) is 11.2 Å². The molecule has 0 fully saturated rings. The number of aromatic nitrogens is 4. The van der Waals surface area contributed by atoms with Crippen molar-refractivity contribution in [3.63, 3.8) is 0 Å². The van der Waals surface area contributed by atoms with Gasteiger partial charge < -0.3 is 4.98 Å². The second kappa shape index (κ2) is 6.18. The lowest BCUT2D eigenvalue weighted by Gasteiger charge is -2.04. The molecule has 0 amide bonds. The molecule has 2 heterocycles. The average molecular weight is 351 g/mol. The van der Waals surface area contributed by atoms with Crippen molar-refractivity contribution in [2.75, 3.05) is 0 Å². The minimum absolute atomic E-state index is 0.196. The maximum Gasteiger partial charge on any atom is 0.270 e. The average Bonchev–Trinajstić information content (AvgIpc) is 2.94. The summed E-state index contributed by atoms with van der Waals surface area (Å²) in [7, 11) is 0. The Kier molecular flexibility index (Phi) is 3.86. The van der Waals surface area contributed by atoms with E-state index in [0.29, 0.717) is 28.3 Å². The highest BCUT2D eigenvalue weighted by Crippen LogP contribution is 2.18. The fraction of sp³-hybridized carbons (Fsp3) is 0.105. The van der Waals surface area contributed by atoms with Gasteiger partial charge in [-0.3, -0.25) is 4.79 Å². The van der Waals surface area contributed by atoms with E-state index >= 15 is 0 Å². The summed E-state index contributed by atoms with van der Waals surface area (Å²) >= 11 is 5.92. The lowest BCUT2D eigenvalue weighted by Crippen LogP contribution is -2.16. The van der Waals surface area contributed by atoms with Crippen LogP contribution in [0, 0.1) is 6.92 Å². The van der Waals surface area contributed by atoms with E-state index in [1.54, 1.807) is 4.68 Å². The SMILES string of the molecule is Cc1nn(-c2ccccc2)c2nc(Cc3ccc(Cl)cc3)c(=O)[nH]c12. The molecule has 0 saturated carbocycles. The van der Waals surface area contributed by atoms with Gasteiger partial charge in [0.25, 0.3) is 5.56 Å². The molecule has 0 spiro atoms. The van der Waals surface area contributed by atoms with Crippen LogP contribution in [-0.4, -0.2) is 19.7 Å². The van der Waals surface area contributed by atoms with Crippen LogP contribution < -0.4 is 5.56 Å². The van der Waals surface area contributed by atoms with E-state index in [1.165, 1.54) is 0 Å². The highest BCUT2D eigenvalue weighted by atomic mass is 35.5. The van der Waals surface area contributed by atoms with Crippen molar-refractivity contribution < 1.29 is 0 Å². The topological polar surface area (TPSA) is 63.6 Å². The third kappa shape index (κ3) is 2.94. The number of hydrogen-bond donors (Lipinski definition) is 1. The van der Waals surface area contributed by atoms with Crippen molar-refractivity contribution in [3.05, 3.63) is 86.9 Å². The third-order valence-electron chi connectivity index (χ3n) is 4.06. The highest BCUT2D eigenvalue weighted by molar-refractivity contribution is 6.30. The van der Waals surface area contributed by atoms with E-state index in [1.807, 2.05) is 61.5 Å². The number of hydrogen-bond acceptors (Lipinski definition) is 3.